The number of pyridine rings is 1. The first-order valence-corrected chi connectivity index (χ1v) is 8.06. The van der Waals surface area contributed by atoms with Crippen molar-refractivity contribution < 1.29 is 4.74 Å². The number of aryl methyl sites for hydroxylation is 1. The van der Waals surface area contributed by atoms with Crippen molar-refractivity contribution in [3.05, 3.63) is 46.6 Å². The average Bonchev–Trinajstić information content (AvgIpc) is 2.83. The Kier molecular flexibility index (Phi) is 4.07. The normalized spacial score (nSPS) is 11.0. The van der Waals surface area contributed by atoms with Crippen LogP contribution in [0.2, 0.25) is 0 Å². The number of hydrogen-bond acceptors (Lipinski definition) is 3. The van der Waals surface area contributed by atoms with E-state index in [1.165, 1.54) is 0 Å². The lowest BCUT2D eigenvalue weighted by molar-refractivity contribution is 0.317. The molecule has 5 heteroatoms. The van der Waals surface area contributed by atoms with Crippen molar-refractivity contribution in [2.24, 2.45) is 0 Å². The molecule has 0 fully saturated rings. The Morgan fingerprint density at radius 2 is 2.00 bits per heavy atom. The first-order valence-electron chi connectivity index (χ1n) is 7.27. The van der Waals surface area contributed by atoms with E-state index < -0.39 is 0 Å². The van der Waals surface area contributed by atoms with Crippen molar-refractivity contribution in [2.75, 3.05) is 12.3 Å². The first-order chi connectivity index (χ1) is 10.6. The number of nitrogens with two attached hydrogens (primary N) is 1. The van der Waals surface area contributed by atoms with Gasteiger partial charge >= 0.3 is 0 Å². The van der Waals surface area contributed by atoms with Crippen LogP contribution in [0.15, 0.2) is 41.0 Å². The molecule has 0 aliphatic carbocycles. The van der Waals surface area contributed by atoms with Crippen molar-refractivity contribution in [3.63, 3.8) is 0 Å². The molecule has 0 saturated heterocycles. The highest BCUT2D eigenvalue weighted by Crippen LogP contribution is 2.30. The molecule has 0 saturated carbocycles. The largest absolute Gasteiger partial charge is 0.494 e. The lowest BCUT2D eigenvalue weighted by Gasteiger charge is -2.05. The number of aromatic nitrogens is 2. The number of halogens is 1. The van der Waals surface area contributed by atoms with Crippen LogP contribution in [0.1, 0.15) is 18.9 Å². The van der Waals surface area contributed by atoms with Crippen LogP contribution < -0.4 is 10.5 Å². The highest BCUT2D eigenvalue weighted by Gasteiger charge is 2.13. The summed E-state index contributed by atoms with van der Waals surface area (Å²) in [5.41, 5.74) is 10.0. The predicted molar refractivity (Wildman–Crippen MR) is 93.3 cm³/mol. The van der Waals surface area contributed by atoms with Gasteiger partial charge in [-0.1, -0.05) is 6.92 Å². The van der Waals surface area contributed by atoms with Crippen molar-refractivity contribution in [2.45, 2.75) is 20.3 Å². The Labute approximate surface area is 138 Å². The van der Waals surface area contributed by atoms with Gasteiger partial charge in [-0.15, -0.1) is 0 Å². The Morgan fingerprint density at radius 1 is 1.27 bits per heavy atom. The van der Waals surface area contributed by atoms with Crippen molar-refractivity contribution in [3.8, 4) is 17.0 Å². The summed E-state index contributed by atoms with van der Waals surface area (Å²) in [6.07, 6.45) is 2.93. The zero-order valence-corrected chi connectivity index (χ0v) is 14.2. The Morgan fingerprint density at radius 3 is 2.68 bits per heavy atom. The highest BCUT2D eigenvalue weighted by molar-refractivity contribution is 9.10. The van der Waals surface area contributed by atoms with Gasteiger partial charge in [0.25, 0.3) is 0 Å². The first kappa shape index (κ1) is 14.9. The van der Waals surface area contributed by atoms with E-state index in [0.717, 1.165) is 45.7 Å². The number of nitrogen functional groups attached to an aromatic ring is 1. The van der Waals surface area contributed by atoms with Crippen LogP contribution in [0.25, 0.3) is 16.9 Å². The van der Waals surface area contributed by atoms with Crippen LogP contribution >= 0.6 is 15.9 Å². The van der Waals surface area contributed by atoms with E-state index in [1.807, 2.05) is 47.9 Å². The molecule has 2 heterocycles. The van der Waals surface area contributed by atoms with E-state index in [2.05, 4.69) is 22.9 Å². The SMILES string of the molecule is CCCOc1ccc(-c2nc3c(C)cc(Br)cn3c2N)cc1. The summed E-state index contributed by atoms with van der Waals surface area (Å²) in [4.78, 5) is 4.69. The third-order valence-electron chi connectivity index (χ3n) is 3.51. The second-order valence-electron chi connectivity index (χ2n) is 5.25. The second kappa shape index (κ2) is 6.01. The van der Waals surface area contributed by atoms with Crippen LogP contribution in [-0.2, 0) is 0 Å². The van der Waals surface area contributed by atoms with Gasteiger partial charge in [0, 0.05) is 16.2 Å². The molecule has 0 amide bonds. The zero-order valence-electron chi connectivity index (χ0n) is 12.6. The van der Waals surface area contributed by atoms with Crippen molar-refractivity contribution in [1.82, 2.24) is 9.38 Å². The monoisotopic (exact) mass is 359 g/mol. The zero-order chi connectivity index (χ0) is 15.7. The summed E-state index contributed by atoms with van der Waals surface area (Å²) >= 11 is 3.50. The van der Waals surface area contributed by atoms with Crippen LogP contribution in [0.5, 0.6) is 5.75 Å². The molecule has 3 rings (SSSR count). The number of imidazole rings is 1. The van der Waals surface area contributed by atoms with Gasteiger partial charge < -0.3 is 10.5 Å². The van der Waals surface area contributed by atoms with E-state index in [-0.39, 0.29) is 0 Å². The Balaban J connectivity index is 2.03. The molecule has 0 aliphatic rings. The van der Waals surface area contributed by atoms with E-state index in [0.29, 0.717) is 5.82 Å². The molecule has 2 N–H and O–H groups in total. The minimum atomic E-state index is 0.640. The standard InChI is InChI=1S/C17H18BrN3O/c1-3-8-22-14-6-4-12(5-7-14)15-16(19)21-10-13(18)9-11(2)17(21)20-15/h4-7,9-10H,3,8,19H2,1-2H3. The Bertz CT molecular complexity index is 809. The van der Waals surface area contributed by atoms with Gasteiger partial charge in [0.05, 0.1) is 6.61 Å². The summed E-state index contributed by atoms with van der Waals surface area (Å²) in [5, 5.41) is 0. The third kappa shape index (κ3) is 2.68. The number of fused-ring (bicyclic) bond motifs is 1. The maximum Gasteiger partial charge on any atom is 0.142 e. The maximum absolute atomic E-state index is 6.28. The smallest absolute Gasteiger partial charge is 0.142 e. The van der Waals surface area contributed by atoms with Crippen molar-refractivity contribution >= 4 is 27.4 Å². The number of anilines is 1. The number of ether oxygens (including phenoxy) is 1. The van der Waals surface area contributed by atoms with E-state index in [1.54, 1.807) is 0 Å². The average molecular weight is 360 g/mol. The van der Waals surface area contributed by atoms with Gasteiger partial charge in [0.1, 0.15) is 22.9 Å². The minimum absolute atomic E-state index is 0.640. The molecule has 1 aromatic carbocycles. The number of nitrogens with zero attached hydrogens (tertiary/aromatic N) is 2. The van der Waals surface area contributed by atoms with Gasteiger partial charge in [-0.05, 0) is 65.2 Å². The molecule has 0 unspecified atom stereocenters. The molecule has 2 aromatic heterocycles. The van der Waals surface area contributed by atoms with E-state index >= 15 is 0 Å². The van der Waals surface area contributed by atoms with Crippen LogP contribution in [0.3, 0.4) is 0 Å². The third-order valence-corrected chi connectivity index (χ3v) is 3.94. The quantitative estimate of drug-likeness (QED) is 0.748. The second-order valence-corrected chi connectivity index (χ2v) is 6.17. The topological polar surface area (TPSA) is 52.5 Å². The molecule has 0 aliphatic heterocycles. The number of rotatable bonds is 4. The molecule has 4 nitrogen and oxygen atoms in total. The Hall–Kier alpha value is -2.01. The fraction of sp³-hybridized carbons (Fsp3) is 0.235. The number of hydrogen-bond donors (Lipinski definition) is 1. The molecular weight excluding hydrogens is 342 g/mol. The summed E-state index contributed by atoms with van der Waals surface area (Å²) < 4.78 is 8.50. The lowest BCUT2D eigenvalue weighted by Crippen LogP contribution is -1.96. The molecule has 0 spiro atoms. The molecule has 0 atom stereocenters. The highest BCUT2D eigenvalue weighted by atomic mass is 79.9. The molecule has 22 heavy (non-hydrogen) atoms. The fourth-order valence-corrected chi connectivity index (χ4v) is 2.98. The maximum atomic E-state index is 6.28. The molecule has 0 radical (unpaired) electrons. The van der Waals surface area contributed by atoms with Crippen molar-refractivity contribution in [1.29, 1.82) is 0 Å². The van der Waals surface area contributed by atoms with Gasteiger partial charge in [-0.25, -0.2) is 4.98 Å². The predicted octanol–water partition coefficient (Wildman–Crippen LogP) is 4.44. The minimum Gasteiger partial charge on any atom is -0.494 e. The van der Waals surface area contributed by atoms with Gasteiger partial charge in [-0.2, -0.15) is 0 Å². The molecule has 3 aromatic rings. The summed E-state index contributed by atoms with van der Waals surface area (Å²) in [5.74, 6) is 1.51. The summed E-state index contributed by atoms with van der Waals surface area (Å²) in [6, 6.07) is 9.93. The van der Waals surface area contributed by atoms with E-state index in [9.17, 15) is 0 Å². The molecule has 114 valence electrons. The van der Waals surface area contributed by atoms with E-state index in [4.69, 9.17) is 15.5 Å². The van der Waals surface area contributed by atoms with Gasteiger partial charge in [-0.3, -0.25) is 4.40 Å². The van der Waals surface area contributed by atoms with Crippen LogP contribution in [0.4, 0.5) is 5.82 Å². The summed E-state index contributed by atoms with van der Waals surface area (Å²) in [6.45, 7) is 4.84. The fourth-order valence-electron chi connectivity index (χ4n) is 2.43. The number of benzene rings is 1. The van der Waals surface area contributed by atoms with Gasteiger partial charge in [0.2, 0.25) is 0 Å². The molecular formula is C17H18BrN3O. The lowest BCUT2D eigenvalue weighted by atomic mass is 10.1. The van der Waals surface area contributed by atoms with Gasteiger partial charge in [0.15, 0.2) is 0 Å². The summed E-state index contributed by atoms with van der Waals surface area (Å²) in [7, 11) is 0. The molecule has 0 bridgehead atoms. The van der Waals surface area contributed by atoms with Crippen LogP contribution in [0, 0.1) is 6.92 Å². The van der Waals surface area contributed by atoms with Crippen LogP contribution in [-0.4, -0.2) is 16.0 Å².